The van der Waals surface area contributed by atoms with Gasteiger partial charge in [-0.2, -0.15) is 0 Å². The number of furan rings is 1. The molecule has 0 saturated heterocycles. The first kappa shape index (κ1) is 9.78. The summed E-state index contributed by atoms with van der Waals surface area (Å²) in [4.78, 5) is 0. The summed E-state index contributed by atoms with van der Waals surface area (Å²) >= 11 is 0. The Balaban J connectivity index is 1.88. The van der Waals surface area contributed by atoms with Crippen LogP contribution in [0.15, 0.2) is 16.5 Å². The van der Waals surface area contributed by atoms with Crippen LogP contribution in [0.1, 0.15) is 37.2 Å². The summed E-state index contributed by atoms with van der Waals surface area (Å²) < 4.78 is 5.71. The van der Waals surface area contributed by atoms with Crippen molar-refractivity contribution in [3.8, 4) is 0 Å². The van der Waals surface area contributed by atoms with E-state index in [-0.39, 0.29) is 0 Å². The highest BCUT2D eigenvalue weighted by molar-refractivity contribution is 5.08. The van der Waals surface area contributed by atoms with Gasteiger partial charge in [-0.25, -0.2) is 0 Å². The smallest absolute Gasteiger partial charge is 0.105 e. The highest BCUT2D eigenvalue weighted by atomic mass is 16.3. The molecule has 1 aliphatic rings. The van der Waals surface area contributed by atoms with Crippen LogP contribution in [0.2, 0.25) is 0 Å². The van der Waals surface area contributed by atoms with Crippen molar-refractivity contribution in [3.63, 3.8) is 0 Å². The molecular formula is C12H19NO. The summed E-state index contributed by atoms with van der Waals surface area (Å²) in [5, 5.41) is 0. The molecule has 2 N–H and O–H groups in total. The van der Waals surface area contributed by atoms with Crippen molar-refractivity contribution >= 4 is 0 Å². The Bertz CT molecular complexity index is 274. The summed E-state index contributed by atoms with van der Waals surface area (Å²) in [6.07, 6.45) is 7.57. The Morgan fingerprint density at radius 1 is 1.21 bits per heavy atom. The molecule has 2 heteroatoms. The van der Waals surface area contributed by atoms with E-state index < -0.39 is 0 Å². The van der Waals surface area contributed by atoms with E-state index in [0.29, 0.717) is 6.54 Å². The molecule has 1 heterocycles. The molecule has 0 radical (unpaired) electrons. The van der Waals surface area contributed by atoms with E-state index >= 15 is 0 Å². The van der Waals surface area contributed by atoms with Crippen LogP contribution in [0.25, 0.3) is 0 Å². The molecule has 0 spiro atoms. The third-order valence-corrected chi connectivity index (χ3v) is 3.07. The fourth-order valence-corrected chi connectivity index (χ4v) is 2.31. The molecule has 1 fully saturated rings. The lowest BCUT2D eigenvalue weighted by molar-refractivity contribution is 0.421. The molecule has 0 bridgehead atoms. The second-order valence-electron chi connectivity index (χ2n) is 4.26. The average Bonchev–Trinajstić information content (AvgIpc) is 2.79. The number of hydrogen-bond donors (Lipinski definition) is 1. The maximum absolute atomic E-state index is 5.71. The van der Waals surface area contributed by atoms with Crippen LogP contribution < -0.4 is 5.73 Å². The lowest BCUT2D eigenvalue weighted by Gasteiger charge is -2.05. The largest absolute Gasteiger partial charge is 0.466 e. The number of hydrogen-bond acceptors (Lipinski definition) is 2. The lowest BCUT2D eigenvalue weighted by Crippen LogP contribution is -2.01. The maximum atomic E-state index is 5.71. The van der Waals surface area contributed by atoms with E-state index in [1.807, 2.05) is 0 Å². The first-order valence-electron chi connectivity index (χ1n) is 5.66. The minimum Gasteiger partial charge on any atom is -0.466 e. The van der Waals surface area contributed by atoms with Gasteiger partial charge >= 0.3 is 0 Å². The van der Waals surface area contributed by atoms with Gasteiger partial charge in [-0.1, -0.05) is 25.7 Å². The van der Waals surface area contributed by atoms with Gasteiger partial charge < -0.3 is 10.2 Å². The Morgan fingerprint density at radius 3 is 2.64 bits per heavy atom. The van der Waals surface area contributed by atoms with Gasteiger partial charge in [-0.3, -0.25) is 0 Å². The Morgan fingerprint density at radius 2 is 1.93 bits per heavy atom. The minimum atomic E-state index is 0.677. The van der Waals surface area contributed by atoms with Crippen molar-refractivity contribution in [1.82, 2.24) is 0 Å². The van der Waals surface area contributed by atoms with Crippen LogP contribution in [0.5, 0.6) is 0 Å². The summed E-state index contributed by atoms with van der Waals surface area (Å²) in [6, 6.07) is 4.18. The summed E-state index contributed by atoms with van der Waals surface area (Å²) in [5.41, 5.74) is 5.47. The van der Waals surface area contributed by atoms with Gasteiger partial charge in [-0.05, 0) is 24.6 Å². The molecule has 1 aromatic rings. The lowest BCUT2D eigenvalue weighted by atomic mass is 10.0. The van der Waals surface area contributed by atoms with Crippen LogP contribution in [0.4, 0.5) is 0 Å². The van der Waals surface area contributed by atoms with Crippen molar-refractivity contribution < 1.29 is 4.42 Å². The SMILES string of the molecule is NCCc1ccc(CC2CCCC2)o1. The van der Waals surface area contributed by atoms with Crippen LogP contribution >= 0.6 is 0 Å². The van der Waals surface area contributed by atoms with Crippen molar-refractivity contribution in [1.29, 1.82) is 0 Å². The van der Waals surface area contributed by atoms with E-state index in [4.69, 9.17) is 10.2 Å². The zero-order valence-corrected chi connectivity index (χ0v) is 8.67. The highest BCUT2D eigenvalue weighted by Gasteiger charge is 2.16. The second kappa shape index (κ2) is 4.65. The Hall–Kier alpha value is -0.760. The third-order valence-electron chi connectivity index (χ3n) is 3.07. The van der Waals surface area contributed by atoms with E-state index in [1.165, 1.54) is 25.7 Å². The highest BCUT2D eigenvalue weighted by Crippen LogP contribution is 2.28. The molecule has 0 aliphatic heterocycles. The van der Waals surface area contributed by atoms with E-state index in [1.54, 1.807) is 0 Å². The normalized spacial score (nSPS) is 17.8. The molecule has 0 aromatic carbocycles. The fourth-order valence-electron chi connectivity index (χ4n) is 2.31. The third kappa shape index (κ3) is 2.38. The van der Waals surface area contributed by atoms with Gasteiger partial charge in [0.15, 0.2) is 0 Å². The predicted molar refractivity (Wildman–Crippen MR) is 57.1 cm³/mol. The molecule has 2 nitrogen and oxygen atoms in total. The first-order valence-corrected chi connectivity index (χ1v) is 5.66. The van der Waals surface area contributed by atoms with Crippen LogP contribution in [0.3, 0.4) is 0 Å². The van der Waals surface area contributed by atoms with Crippen molar-refractivity contribution in [2.24, 2.45) is 11.7 Å². The predicted octanol–water partition coefficient (Wildman–Crippen LogP) is 2.51. The topological polar surface area (TPSA) is 39.2 Å². The van der Waals surface area contributed by atoms with E-state index in [2.05, 4.69) is 12.1 Å². The molecule has 78 valence electrons. The van der Waals surface area contributed by atoms with Gasteiger partial charge in [0.05, 0.1) is 0 Å². The summed E-state index contributed by atoms with van der Waals surface area (Å²) in [5.74, 6) is 3.06. The van der Waals surface area contributed by atoms with Crippen molar-refractivity contribution in [2.75, 3.05) is 6.54 Å². The molecule has 1 saturated carbocycles. The number of nitrogens with two attached hydrogens (primary N) is 1. The zero-order valence-electron chi connectivity index (χ0n) is 8.67. The van der Waals surface area contributed by atoms with Gasteiger partial charge in [0.2, 0.25) is 0 Å². The van der Waals surface area contributed by atoms with Gasteiger partial charge in [-0.15, -0.1) is 0 Å². The fraction of sp³-hybridized carbons (Fsp3) is 0.667. The molecule has 2 rings (SSSR count). The monoisotopic (exact) mass is 193 g/mol. The molecular weight excluding hydrogens is 174 g/mol. The van der Waals surface area contributed by atoms with Crippen molar-refractivity contribution in [2.45, 2.75) is 38.5 Å². The molecule has 0 amide bonds. The Kier molecular flexibility index (Phi) is 3.25. The molecule has 1 aliphatic carbocycles. The first-order chi connectivity index (χ1) is 6.88. The maximum Gasteiger partial charge on any atom is 0.105 e. The van der Waals surface area contributed by atoms with Crippen LogP contribution in [-0.4, -0.2) is 6.54 Å². The van der Waals surface area contributed by atoms with Gasteiger partial charge in [0.1, 0.15) is 11.5 Å². The standard InChI is InChI=1S/C12H19NO/c13-8-7-11-5-6-12(14-11)9-10-3-1-2-4-10/h5-6,10H,1-4,7-9,13H2. The van der Waals surface area contributed by atoms with E-state index in [0.717, 1.165) is 30.3 Å². The average molecular weight is 193 g/mol. The molecule has 14 heavy (non-hydrogen) atoms. The van der Waals surface area contributed by atoms with Crippen molar-refractivity contribution in [3.05, 3.63) is 23.7 Å². The van der Waals surface area contributed by atoms with Gasteiger partial charge in [0.25, 0.3) is 0 Å². The summed E-state index contributed by atoms with van der Waals surface area (Å²) in [6.45, 7) is 0.677. The van der Waals surface area contributed by atoms with Crippen LogP contribution in [0, 0.1) is 5.92 Å². The van der Waals surface area contributed by atoms with Crippen LogP contribution in [-0.2, 0) is 12.8 Å². The summed E-state index contributed by atoms with van der Waals surface area (Å²) in [7, 11) is 0. The second-order valence-corrected chi connectivity index (χ2v) is 4.26. The number of rotatable bonds is 4. The van der Waals surface area contributed by atoms with Gasteiger partial charge in [0, 0.05) is 12.8 Å². The molecule has 0 atom stereocenters. The quantitative estimate of drug-likeness (QED) is 0.798. The molecule has 1 aromatic heterocycles. The van der Waals surface area contributed by atoms with E-state index in [9.17, 15) is 0 Å². The zero-order chi connectivity index (χ0) is 9.80. The minimum absolute atomic E-state index is 0.677. The Labute approximate surface area is 85.5 Å². The molecule has 0 unspecified atom stereocenters.